The van der Waals surface area contributed by atoms with E-state index in [1.807, 2.05) is 28.0 Å². The summed E-state index contributed by atoms with van der Waals surface area (Å²) in [4.78, 5) is 20.3. The van der Waals surface area contributed by atoms with Crippen molar-refractivity contribution in [1.29, 1.82) is 0 Å². The number of hydrogen-bond donors (Lipinski definition) is 1. The van der Waals surface area contributed by atoms with Gasteiger partial charge in [-0.3, -0.25) is 9.69 Å². The third-order valence-electron chi connectivity index (χ3n) is 5.50. The first kappa shape index (κ1) is 17.8. The first-order valence-electron chi connectivity index (χ1n) is 9.38. The Kier molecular flexibility index (Phi) is 4.70. The molecule has 0 spiro atoms. The van der Waals surface area contributed by atoms with Crippen molar-refractivity contribution in [1.82, 2.24) is 14.8 Å². The van der Waals surface area contributed by atoms with Crippen molar-refractivity contribution in [2.24, 2.45) is 5.92 Å². The van der Waals surface area contributed by atoms with Gasteiger partial charge in [0.05, 0.1) is 12.6 Å². The molecule has 0 bridgehead atoms. The van der Waals surface area contributed by atoms with Gasteiger partial charge >= 0.3 is 0 Å². The third-order valence-corrected chi connectivity index (χ3v) is 5.73. The summed E-state index contributed by atoms with van der Waals surface area (Å²) in [6, 6.07) is 5.96. The fourth-order valence-electron chi connectivity index (χ4n) is 4.25. The molecular weight excluding hydrogens is 353 g/mol. The minimum absolute atomic E-state index is 0.0416. The Labute approximate surface area is 158 Å². The number of likely N-dealkylation sites (tertiary alicyclic amines) is 1. The van der Waals surface area contributed by atoms with Gasteiger partial charge in [0.2, 0.25) is 5.91 Å². The highest BCUT2D eigenvalue weighted by Crippen LogP contribution is 2.38. The van der Waals surface area contributed by atoms with Gasteiger partial charge in [0.15, 0.2) is 0 Å². The van der Waals surface area contributed by atoms with E-state index in [0.29, 0.717) is 32.1 Å². The van der Waals surface area contributed by atoms with Gasteiger partial charge in [-0.15, -0.1) is 0 Å². The quantitative estimate of drug-likeness (QED) is 0.876. The zero-order valence-electron chi connectivity index (χ0n) is 15.3. The van der Waals surface area contributed by atoms with Crippen molar-refractivity contribution in [2.75, 3.05) is 26.2 Å². The maximum absolute atomic E-state index is 13.1. The van der Waals surface area contributed by atoms with E-state index in [1.165, 1.54) is 5.56 Å². The van der Waals surface area contributed by atoms with Crippen LogP contribution in [0.5, 0.6) is 0 Å². The molecule has 2 aromatic rings. The van der Waals surface area contributed by atoms with Crippen molar-refractivity contribution >= 4 is 28.4 Å². The normalized spacial score (nSPS) is 21.3. The average molecular weight is 378 g/mol. The standard InChI is InChI=1S/C20H25ClFN3O/c1-12(2)7-18-20-15(16-8-13(21)3-4-17(16)23-20)5-6-25(18)19(26)11-24-9-14(22)10-24/h3-4,8,12,14,18,23H,5-7,9-11H2,1-2H3. The van der Waals surface area contributed by atoms with Crippen LogP contribution in [0.2, 0.25) is 5.02 Å². The van der Waals surface area contributed by atoms with Crippen LogP contribution in [0.1, 0.15) is 37.6 Å². The highest BCUT2D eigenvalue weighted by molar-refractivity contribution is 6.31. The molecule has 26 heavy (non-hydrogen) atoms. The largest absolute Gasteiger partial charge is 0.356 e. The molecule has 1 saturated heterocycles. The van der Waals surface area contributed by atoms with E-state index in [-0.39, 0.29) is 11.9 Å². The lowest BCUT2D eigenvalue weighted by molar-refractivity contribution is -0.137. The number of fused-ring (bicyclic) bond motifs is 3. The Morgan fingerprint density at radius 2 is 2.15 bits per heavy atom. The summed E-state index contributed by atoms with van der Waals surface area (Å²) in [6.07, 6.45) is 0.952. The Balaban J connectivity index is 1.64. The number of benzene rings is 1. The average Bonchev–Trinajstić information content (AvgIpc) is 2.91. The molecule has 1 amide bonds. The predicted octanol–water partition coefficient (Wildman–Crippen LogP) is 3.95. The molecule has 4 rings (SSSR count). The molecular formula is C20H25ClFN3O. The summed E-state index contributed by atoms with van der Waals surface area (Å²) < 4.78 is 13.1. The van der Waals surface area contributed by atoms with E-state index < -0.39 is 6.17 Å². The van der Waals surface area contributed by atoms with Crippen LogP contribution in [0.4, 0.5) is 4.39 Å². The predicted molar refractivity (Wildman–Crippen MR) is 102 cm³/mol. The van der Waals surface area contributed by atoms with Crippen LogP contribution in [0.15, 0.2) is 18.2 Å². The topological polar surface area (TPSA) is 39.3 Å². The first-order valence-corrected chi connectivity index (χ1v) is 9.76. The second-order valence-corrected chi connectivity index (χ2v) is 8.42. The van der Waals surface area contributed by atoms with Gasteiger partial charge in [-0.1, -0.05) is 25.4 Å². The highest BCUT2D eigenvalue weighted by Gasteiger charge is 2.36. The van der Waals surface area contributed by atoms with Crippen LogP contribution in [-0.4, -0.2) is 53.0 Å². The van der Waals surface area contributed by atoms with E-state index in [4.69, 9.17) is 11.6 Å². The maximum Gasteiger partial charge on any atom is 0.237 e. The number of nitrogens with one attached hydrogen (secondary N) is 1. The lowest BCUT2D eigenvalue weighted by atomic mass is 9.91. The molecule has 1 fully saturated rings. The Bertz CT molecular complexity index is 828. The molecule has 1 unspecified atom stereocenters. The Morgan fingerprint density at radius 3 is 2.85 bits per heavy atom. The monoisotopic (exact) mass is 377 g/mol. The van der Waals surface area contributed by atoms with E-state index in [1.54, 1.807) is 0 Å². The molecule has 3 heterocycles. The SMILES string of the molecule is CC(C)CC1c2[nH]c3ccc(Cl)cc3c2CCN1C(=O)CN1CC(F)C1. The summed E-state index contributed by atoms with van der Waals surface area (Å²) in [5.74, 6) is 0.570. The van der Waals surface area contributed by atoms with Crippen molar-refractivity contribution in [3.05, 3.63) is 34.5 Å². The number of halogens is 2. The van der Waals surface area contributed by atoms with Gasteiger partial charge in [-0.2, -0.15) is 0 Å². The van der Waals surface area contributed by atoms with Gasteiger partial charge in [0.1, 0.15) is 6.17 Å². The molecule has 0 aliphatic carbocycles. The van der Waals surface area contributed by atoms with Crippen molar-refractivity contribution in [3.8, 4) is 0 Å². The number of aromatic amines is 1. The number of H-pyrrole nitrogens is 1. The van der Waals surface area contributed by atoms with Crippen molar-refractivity contribution < 1.29 is 9.18 Å². The third kappa shape index (κ3) is 3.23. The van der Waals surface area contributed by atoms with E-state index in [0.717, 1.165) is 34.5 Å². The molecule has 2 aliphatic rings. The maximum atomic E-state index is 13.1. The number of alkyl halides is 1. The summed E-state index contributed by atoms with van der Waals surface area (Å²) in [5, 5.41) is 1.90. The number of amides is 1. The van der Waals surface area contributed by atoms with E-state index >= 15 is 0 Å². The highest BCUT2D eigenvalue weighted by atomic mass is 35.5. The van der Waals surface area contributed by atoms with E-state index in [2.05, 4.69) is 18.8 Å². The summed E-state index contributed by atoms with van der Waals surface area (Å²) in [5.41, 5.74) is 3.50. The lowest BCUT2D eigenvalue weighted by Gasteiger charge is -2.40. The molecule has 6 heteroatoms. The molecule has 4 nitrogen and oxygen atoms in total. The Hall–Kier alpha value is -1.59. The smallest absolute Gasteiger partial charge is 0.237 e. The zero-order valence-corrected chi connectivity index (χ0v) is 16.0. The second-order valence-electron chi connectivity index (χ2n) is 7.98. The van der Waals surface area contributed by atoms with Gasteiger partial charge < -0.3 is 9.88 Å². The van der Waals surface area contributed by atoms with Crippen molar-refractivity contribution in [2.45, 2.75) is 38.9 Å². The first-order chi connectivity index (χ1) is 12.4. The van der Waals surface area contributed by atoms with Crippen LogP contribution in [0.3, 0.4) is 0 Å². The molecule has 140 valence electrons. The number of hydrogen-bond acceptors (Lipinski definition) is 2. The fourth-order valence-corrected chi connectivity index (χ4v) is 4.42. The van der Waals surface area contributed by atoms with Crippen LogP contribution < -0.4 is 0 Å². The molecule has 1 atom stereocenters. The van der Waals surface area contributed by atoms with Gasteiger partial charge in [0.25, 0.3) is 0 Å². The summed E-state index contributed by atoms with van der Waals surface area (Å²) in [6.45, 7) is 6.14. The summed E-state index contributed by atoms with van der Waals surface area (Å²) >= 11 is 6.19. The molecule has 1 N–H and O–H groups in total. The lowest BCUT2D eigenvalue weighted by Crippen LogP contribution is -2.53. The fraction of sp³-hybridized carbons (Fsp3) is 0.550. The van der Waals surface area contributed by atoms with Crippen LogP contribution in [0, 0.1) is 5.92 Å². The Morgan fingerprint density at radius 1 is 1.38 bits per heavy atom. The number of nitrogens with zero attached hydrogens (tertiary/aromatic N) is 2. The van der Waals surface area contributed by atoms with E-state index in [9.17, 15) is 9.18 Å². The van der Waals surface area contributed by atoms with Crippen molar-refractivity contribution in [3.63, 3.8) is 0 Å². The van der Waals surface area contributed by atoms with Gasteiger partial charge in [-0.05, 0) is 42.5 Å². The molecule has 0 radical (unpaired) electrons. The van der Waals surface area contributed by atoms with Crippen LogP contribution >= 0.6 is 11.6 Å². The number of rotatable bonds is 4. The number of aromatic nitrogens is 1. The zero-order chi connectivity index (χ0) is 18.4. The van der Waals surface area contributed by atoms with Crippen LogP contribution in [-0.2, 0) is 11.2 Å². The number of carbonyl (C=O) groups excluding carboxylic acids is 1. The molecule has 1 aromatic heterocycles. The minimum Gasteiger partial charge on any atom is -0.356 e. The van der Waals surface area contributed by atoms with Gasteiger partial charge in [0, 0.05) is 41.3 Å². The second kappa shape index (κ2) is 6.86. The van der Waals surface area contributed by atoms with Crippen LogP contribution in [0.25, 0.3) is 10.9 Å². The van der Waals surface area contributed by atoms with Gasteiger partial charge in [-0.25, -0.2) is 4.39 Å². The molecule has 0 saturated carbocycles. The number of carbonyl (C=O) groups is 1. The minimum atomic E-state index is -0.777. The molecule has 1 aromatic carbocycles. The molecule has 2 aliphatic heterocycles. The summed E-state index contributed by atoms with van der Waals surface area (Å²) in [7, 11) is 0.